The molecule has 1 unspecified atom stereocenters. The summed E-state index contributed by atoms with van der Waals surface area (Å²) < 4.78 is 25.9. The molecular weight excluding hydrogens is 264 g/mol. The van der Waals surface area contributed by atoms with Gasteiger partial charge in [0.2, 0.25) is 10.0 Å². The minimum Gasteiger partial charge on any atom is -0.392 e. The van der Waals surface area contributed by atoms with Crippen molar-refractivity contribution >= 4 is 21.6 Å². The zero-order valence-corrected chi connectivity index (χ0v) is 11.0. The summed E-state index contributed by atoms with van der Waals surface area (Å²) >= 11 is 5.69. The second-order valence-corrected chi connectivity index (χ2v) is 5.68. The Morgan fingerprint density at radius 2 is 2.29 bits per heavy atom. The van der Waals surface area contributed by atoms with Crippen molar-refractivity contribution in [3.8, 4) is 0 Å². The highest BCUT2D eigenvalue weighted by Gasteiger charge is 2.19. The number of nitrogens with zero attached hydrogens (tertiary/aromatic N) is 1. The van der Waals surface area contributed by atoms with Gasteiger partial charge in [0.25, 0.3) is 0 Å². The molecule has 2 N–H and O–H groups in total. The number of aliphatic hydroxyl groups is 1. The molecule has 1 rings (SSSR count). The quantitative estimate of drug-likeness (QED) is 0.766. The van der Waals surface area contributed by atoms with Gasteiger partial charge in [0.15, 0.2) is 0 Å². The lowest BCUT2D eigenvalue weighted by Gasteiger charge is -2.11. The predicted molar refractivity (Wildman–Crippen MR) is 65.4 cm³/mol. The first-order chi connectivity index (χ1) is 7.97. The summed E-state index contributed by atoms with van der Waals surface area (Å²) in [5, 5.41) is 9.37. The molecule has 0 aliphatic rings. The summed E-state index contributed by atoms with van der Waals surface area (Å²) in [5.74, 6) is 0. The number of rotatable bonds is 6. The maximum Gasteiger partial charge on any atom is 0.243 e. The number of pyridine rings is 1. The minimum atomic E-state index is -3.71. The number of sulfonamides is 1. The third-order valence-corrected chi connectivity index (χ3v) is 4.01. The monoisotopic (exact) mass is 278 g/mol. The van der Waals surface area contributed by atoms with Crippen LogP contribution in [0, 0.1) is 0 Å². The SMILES string of the molecule is CCCC(O)CNS(=O)(=O)c1cccnc1Cl. The van der Waals surface area contributed by atoms with Crippen LogP contribution in [-0.2, 0) is 10.0 Å². The van der Waals surface area contributed by atoms with E-state index in [2.05, 4.69) is 9.71 Å². The molecule has 0 bridgehead atoms. The zero-order chi connectivity index (χ0) is 12.9. The normalized spacial score (nSPS) is 13.6. The second-order valence-electron chi connectivity index (χ2n) is 3.59. The molecule has 0 amide bonds. The second kappa shape index (κ2) is 6.30. The van der Waals surface area contributed by atoms with Gasteiger partial charge in [-0.1, -0.05) is 24.9 Å². The van der Waals surface area contributed by atoms with Crippen LogP contribution in [0.25, 0.3) is 0 Å². The van der Waals surface area contributed by atoms with Gasteiger partial charge in [0, 0.05) is 12.7 Å². The molecule has 0 fully saturated rings. The van der Waals surface area contributed by atoms with E-state index in [1.165, 1.54) is 18.3 Å². The van der Waals surface area contributed by atoms with Crippen molar-refractivity contribution in [3.05, 3.63) is 23.5 Å². The molecule has 1 aromatic heterocycles. The Morgan fingerprint density at radius 1 is 1.59 bits per heavy atom. The molecule has 0 radical (unpaired) electrons. The predicted octanol–water partition coefficient (Wildman–Crippen LogP) is 1.17. The van der Waals surface area contributed by atoms with Crippen LogP contribution in [0.1, 0.15) is 19.8 Å². The van der Waals surface area contributed by atoms with E-state index in [1.807, 2.05) is 6.92 Å². The average Bonchev–Trinajstić information content (AvgIpc) is 2.27. The molecule has 1 heterocycles. The van der Waals surface area contributed by atoms with E-state index in [9.17, 15) is 13.5 Å². The van der Waals surface area contributed by atoms with Gasteiger partial charge < -0.3 is 5.11 Å². The van der Waals surface area contributed by atoms with Crippen LogP contribution in [0.15, 0.2) is 23.2 Å². The lowest BCUT2D eigenvalue weighted by molar-refractivity contribution is 0.167. The van der Waals surface area contributed by atoms with E-state index in [0.717, 1.165) is 6.42 Å². The summed E-state index contributed by atoms with van der Waals surface area (Å²) in [7, 11) is -3.71. The first-order valence-corrected chi connectivity index (χ1v) is 7.11. The fourth-order valence-corrected chi connectivity index (χ4v) is 2.81. The van der Waals surface area contributed by atoms with Crippen molar-refractivity contribution in [3.63, 3.8) is 0 Å². The number of hydrogen-bond donors (Lipinski definition) is 2. The summed E-state index contributed by atoms with van der Waals surface area (Å²) in [6, 6.07) is 2.85. The Labute approximate surface area is 106 Å². The maximum absolute atomic E-state index is 11.8. The van der Waals surface area contributed by atoms with E-state index >= 15 is 0 Å². The van der Waals surface area contributed by atoms with Crippen molar-refractivity contribution in [1.29, 1.82) is 0 Å². The third-order valence-electron chi connectivity index (χ3n) is 2.15. The van der Waals surface area contributed by atoms with Crippen molar-refractivity contribution in [2.45, 2.75) is 30.8 Å². The molecule has 0 aromatic carbocycles. The Balaban J connectivity index is 2.73. The zero-order valence-electron chi connectivity index (χ0n) is 9.43. The molecule has 5 nitrogen and oxygen atoms in total. The Morgan fingerprint density at radius 3 is 2.88 bits per heavy atom. The molecule has 17 heavy (non-hydrogen) atoms. The minimum absolute atomic E-state index is 0.0264. The molecule has 0 saturated heterocycles. The highest BCUT2D eigenvalue weighted by atomic mass is 35.5. The molecular formula is C10H15ClN2O3S. The Hall–Kier alpha value is -0.690. The van der Waals surface area contributed by atoms with Crippen LogP contribution in [0.3, 0.4) is 0 Å². The largest absolute Gasteiger partial charge is 0.392 e. The first-order valence-electron chi connectivity index (χ1n) is 5.25. The summed E-state index contributed by atoms with van der Waals surface area (Å²) in [6.45, 7) is 1.89. The van der Waals surface area contributed by atoms with E-state index in [-0.39, 0.29) is 16.6 Å². The van der Waals surface area contributed by atoms with Crippen molar-refractivity contribution < 1.29 is 13.5 Å². The van der Waals surface area contributed by atoms with E-state index in [4.69, 9.17) is 11.6 Å². The highest BCUT2D eigenvalue weighted by molar-refractivity contribution is 7.89. The van der Waals surface area contributed by atoms with E-state index in [0.29, 0.717) is 6.42 Å². The lowest BCUT2D eigenvalue weighted by atomic mass is 10.2. The lowest BCUT2D eigenvalue weighted by Crippen LogP contribution is -2.32. The van der Waals surface area contributed by atoms with Crippen molar-refractivity contribution in [2.24, 2.45) is 0 Å². The van der Waals surface area contributed by atoms with Crippen LogP contribution in [0.4, 0.5) is 0 Å². The topological polar surface area (TPSA) is 79.3 Å². The number of hydrogen-bond acceptors (Lipinski definition) is 4. The third kappa shape index (κ3) is 4.23. The van der Waals surface area contributed by atoms with Gasteiger partial charge in [0.1, 0.15) is 10.0 Å². The molecule has 0 saturated carbocycles. The molecule has 0 aliphatic heterocycles. The van der Waals surface area contributed by atoms with Gasteiger partial charge in [-0.05, 0) is 18.6 Å². The van der Waals surface area contributed by atoms with Crippen molar-refractivity contribution in [2.75, 3.05) is 6.54 Å². The maximum atomic E-state index is 11.8. The fourth-order valence-electron chi connectivity index (χ4n) is 1.29. The van der Waals surface area contributed by atoms with Crippen LogP contribution in [-0.4, -0.2) is 31.2 Å². The first kappa shape index (κ1) is 14.4. The van der Waals surface area contributed by atoms with Gasteiger partial charge in [-0.15, -0.1) is 0 Å². The Bertz CT molecular complexity index is 464. The highest BCUT2D eigenvalue weighted by Crippen LogP contribution is 2.17. The molecule has 1 aromatic rings. The molecule has 96 valence electrons. The molecule has 0 spiro atoms. The summed E-state index contributed by atoms with van der Waals surface area (Å²) in [5.41, 5.74) is 0. The Kier molecular flexibility index (Phi) is 5.32. The molecule has 7 heteroatoms. The number of nitrogens with one attached hydrogen (secondary N) is 1. The van der Waals surface area contributed by atoms with Crippen LogP contribution >= 0.6 is 11.6 Å². The smallest absolute Gasteiger partial charge is 0.243 e. The summed E-state index contributed by atoms with van der Waals surface area (Å²) in [6.07, 6.45) is 2.05. The van der Waals surface area contributed by atoms with Gasteiger partial charge in [-0.3, -0.25) is 0 Å². The van der Waals surface area contributed by atoms with Crippen LogP contribution in [0.5, 0.6) is 0 Å². The van der Waals surface area contributed by atoms with Gasteiger partial charge in [-0.25, -0.2) is 18.1 Å². The van der Waals surface area contributed by atoms with Gasteiger partial charge in [0.05, 0.1) is 6.10 Å². The average molecular weight is 279 g/mol. The molecule has 1 atom stereocenters. The fraction of sp³-hybridized carbons (Fsp3) is 0.500. The van der Waals surface area contributed by atoms with Crippen molar-refractivity contribution in [1.82, 2.24) is 9.71 Å². The standard InChI is InChI=1S/C10H15ClN2O3S/c1-2-4-8(14)7-13-17(15,16)9-5-3-6-12-10(9)11/h3,5-6,8,13-14H,2,4,7H2,1H3. The number of aliphatic hydroxyl groups excluding tert-OH is 1. The van der Waals surface area contributed by atoms with Gasteiger partial charge >= 0.3 is 0 Å². The summed E-state index contributed by atoms with van der Waals surface area (Å²) in [4.78, 5) is 3.61. The number of halogens is 1. The molecule has 0 aliphatic carbocycles. The number of aromatic nitrogens is 1. The van der Waals surface area contributed by atoms with E-state index < -0.39 is 16.1 Å². The van der Waals surface area contributed by atoms with E-state index in [1.54, 1.807) is 0 Å². The van der Waals surface area contributed by atoms with Crippen LogP contribution < -0.4 is 4.72 Å². The van der Waals surface area contributed by atoms with Gasteiger partial charge in [-0.2, -0.15) is 0 Å². The van der Waals surface area contributed by atoms with Crippen LogP contribution in [0.2, 0.25) is 5.15 Å².